The van der Waals surface area contributed by atoms with Gasteiger partial charge in [0.15, 0.2) is 17.4 Å². The monoisotopic (exact) mass is 278 g/mol. The molecule has 0 heterocycles. The second kappa shape index (κ2) is 5.56. The molecule has 2 aromatic carbocycles. The quantitative estimate of drug-likeness (QED) is 0.392. The average molecular weight is 278 g/mol. The fourth-order valence-corrected chi connectivity index (χ4v) is 1.71. The molecule has 0 unspecified atom stereocenters. The van der Waals surface area contributed by atoms with Crippen molar-refractivity contribution in [3.63, 3.8) is 0 Å². The van der Waals surface area contributed by atoms with Gasteiger partial charge < -0.3 is 15.7 Å². The predicted octanol–water partition coefficient (Wildman–Crippen LogP) is 3.16. The van der Waals surface area contributed by atoms with Gasteiger partial charge in [0.25, 0.3) is 0 Å². The maximum absolute atomic E-state index is 13.6. The van der Waals surface area contributed by atoms with Gasteiger partial charge in [0, 0.05) is 6.07 Å². The third-order valence-corrected chi connectivity index (χ3v) is 2.70. The fraction of sp³-hybridized carbons (Fsp3) is 0.0714. The molecule has 0 atom stereocenters. The highest BCUT2D eigenvalue weighted by Gasteiger charge is 2.14. The third kappa shape index (κ3) is 2.69. The zero-order valence-corrected chi connectivity index (χ0v) is 10.6. The van der Waals surface area contributed by atoms with E-state index in [-0.39, 0.29) is 17.3 Å². The van der Waals surface area contributed by atoms with Crippen LogP contribution in [-0.4, -0.2) is 11.0 Å². The van der Waals surface area contributed by atoms with E-state index in [0.29, 0.717) is 11.1 Å². The smallest absolute Gasteiger partial charge is 0.173 e. The number of halogens is 2. The summed E-state index contributed by atoms with van der Waals surface area (Å²) in [7, 11) is 0. The number of ether oxygens (including phenoxy) is 1. The Morgan fingerprint density at radius 2 is 2.00 bits per heavy atom. The number of aryl methyl sites for hydroxylation is 1. The van der Waals surface area contributed by atoms with E-state index in [9.17, 15) is 8.78 Å². The second-order valence-corrected chi connectivity index (χ2v) is 4.11. The molecule has 0 saturated heterocycles. The first-order valence-electron chi connectivity index (χ1n) is 5.73. The van der Waals surface area contributed by atoms with Gasteiger partial charge in [0.05, 0.1) is 5.56 Å². The van der Waals surface area contributed by atoms with Crippen LogP contribution >= 0.6 is 0 Å². The lowest BCUT2D eigenvalue weighted by Crippen LogP contribution is -2.14. The lowest BCUT2D eigenvalue weighted by molar-refractivity contribution is 0.318. The van der Waals surface area contributed by atoms with Crippen LogP contribution in [0.4, 0.5) is 8.78 Å². The third-order valence-electron chi connectivity index (χ3n) is 2.70. The van der Waals surface area contributed by atoms with Crippen molar-refractivity contribution < 1.29 is 18.7 Å². The van der Waals surface area contributed by atoms with Crippen LogP contribution in [0, 0.1) is 18.6 Å². The zero-order valence-electron chi connectivity index (χ0n) is 10.6. The van der Waals surface area contributed by atoms with E-state index in [2.05, 4.69) is 5.16 Å². The minimum atomic E-state index is -0.835. The molecule has 0 amide bonds. The number of benzene rings is 2. The molecule has 0 aromatic heterocycles. The Morgan fingerprint density at radius 3 is 2.65 bits per heavy atom. The van der Waals surface area contributed by atoms with Gasteiger partial charge >= 0.3 is 0 Å². The molecule has 0 aliphatic carbocycles. The number of hydrogen-bond acceptors (Lipinski definition) is 3. The summed E-state index contributed by atoms with van der Waals surface area (Å²) in [5.41, 5.74) is 6.53. The van der Waals surface area contributed by atoms with Crippen molar-refractivity contribution in [3.8, 4) is 11.5 Å². The Labute approximate surface area is 114 Å². The molecule has 0 bridgehead atoms. The molecule has 0 aliphatic rings. The van der Waals surface area contributed by atoms with Gasteiger partial charge in [-0.2, -0.15) is 0 Å². The standard InChI is InChI=1S/C14H12F2N2O2/c1-8-3-2-4-10(14(17)18-19)13(8)20-12-6-5-9(15)7-11(12)16/h2-7,19H,1H3,(H2,17,18). The van der Waals surface area contributed by atoms with Gasteiger partial charge in [-0.25, -0.2) is 8.78 Å². The van der Waals surface area contributed by atoms with Crippen LogP contribution in [0.2, 0.25) is 0 Å². The first kappa shape index (κ1) is 13.8. The number of nitrogens with zero attached hydrogens (tertiary/aromatic N) is 1. The molecule has 4 nitrogen and oxygen atoms in total. The van der Waals surface area contributed by atoms with Gasteiger partial charge in [-0.15, -0.1) is 0 Å². The summed E-state index contributed by atoms with van der Waals surface area (Å²) in [5, 5.41) is 11.6. The summed E-state index contributed by atoms with van der Waals surface area (Å²) < 4.78 is 31.9. The fourth-order valence-electron chi connectivity index (χ4n) is 1.71. The summed E-state index contributed by atoms with van der Waals surface area (Å²) in [6.07, 6.45) is 0. The predicted molar refractivity (Wildman–Crippen MR) is 70.1 cm³/mol. The number of para-hydroxylation sites is 1. The molecule has 2 rings (SSSR count). The summed E-state index contributed by atoms with van der Waals surface area (Å²) >= 11 is 0. The minimum absolute atomic E-state index is 0.146. The van der Waals surface area contributed by atoms with Crippen molar-refractivity contribution in [2.75, 3.05) is 0 Å². The molecule has 0 radical (unpaired) electrons. The lowest BCUT2D eigenvalue weighted by atomic mass is 10.1. The van der Waals surface area contributed by atoms with E-state index < -0.39 is 11.6 Å². The molecule has 0 fully saturated rings. The summed E-state index contributed by atoms with van der Waals surface area (Å²) in [6, 6.07) is 7.96. The number of amidine groups is 1. The maximum atomic E-state index is 13.6. The molecule has 3 N–H and O–H groups in total. The highest BCUT2D eigenvalue weighted by molar-refractivity contribution is 6.00. The van der Waals surface area contributed by atoms with Gasteiger partial charge in [-0.1, -0.05) is 17.3 Å². The number of nitrogens with two attached hydrogens (primary N) is 1. The number of oxime groups is 1. The van der Waals surface area contributed by atoms with E-state index in [1.54, 1.807) is 25.1 Å². The molecule has 20 heavy (non-hydrogen) atoms. The van der Waals surface area contributed by atoms with Crippen LogP contribution < -0.4 is 10.5 Å². The van der Waals surface area contributed by atoms with Crippen molar-refractivity contribution in [2.24, 2.45) is 10.9 Å². The Balaban J connectivity index is 2.48. The van der Waals surface area contributed by atoms with Crippen LogP contribution in [0.5, 0.6) is 11.5 Å². The first-order chi connectivity index (χ1) is 9.52. The minimum Gasteiger partial charge on any atom is -0.453 e. The summed E-state index contributed by atoms with van der Waals surface area (Å²) in [5.74, 6) is -1.60. The van der Waals surface area contributed by atoms with Crippen molar-refractivity contribution in [2.45, 2.75) is 6.92 Å². The normalized spacial score (nSPS) is 11.4. The van der Waals surface area contributed by atoms with Gasteiger partial charge in [0.1, 0.15) is 11.6 Å². The van der Waals surface area contributed by atoms with Gasteiger partial charge in [-0.3, -0.25) is 0 Å². The van der Waals surface area contributed by atoms with Gasteiger partial charge in [0.2, 0.25) is 0 Å². The first-order valence-corrected chi connectivity index (χ1v) is 5.73. The molecular formula is C14H12F2N2O2. The SMILES string of the molecule is Cc1cccc(/C(N)=N/O)c1Oc1ccc(F)cc1F. The molecular weight excluding hydrogens is 266 g/mol. The van der Waals surface area contributed by atoms with E-state index >= 15 is 0 Å². The van der Waals surface area contributed by atoms with E-state index in [0.717, 1.165) is 12.1 Å². The largest absolute Gasteiger partial charge is 0.453 e. The van der Waals surface area contributed by atoms with Crippen LogP contribution in [0.25, 0.3) is 0 Å². The van der Waals surface area contributed by atoms with Crippen LogP contribution in [0.3, 0.4) is 0 Å². The Bertz CT molecular complexity index is 672. The van der Waals surface area contributed by atoms with Crippen LogP contribution in [0.15, 0.2) is 41.6 Å². The van der Waals surface area contributed by atoms with Crippen molar-refractivity contribution in [3.05, 3.63) is 59.2 Å². The number of rotatable bonds is 3. The maximum Gasteiger partial charge on any atom is 0.173 e. The van der Waals surface area contributed by atoms with Crippen molar-refractivity contribution >= 4 is 5.84 Å². The van der Waals surface area contributed by atoms with E-state index in [1.165, 1.54) is 6.07 Å². The van der Waals surface area contributed by atoms with Crippen molar-refractivity contribution in [1.29, 1.82) is 0 Å². The topological polar surface area (TPSA) is 67.8 Å². The zero-order chi connectivity index (χ0) is 14.7. The molecule has 0 saturated carbocycles. The second-order valence-electron chi connectivity index (χ2n) is 4.11. The van der Waals surface area contributed by atoms with Crippen molar-refractivity contribution in [1.82, 2.24) is 0 Å². The summed E-state index contributed by atoms with van der Waals surface area (Å²) in [4.78, 5) is 0. The highest BCUT2D eigenvalue weighted by Crippen LogP contribution is 2.30. The Hall–Kier alpha value is -2.63. The Kier molecular flexibility index (Phi) is 3.84. The van der Waals surface area contributed by atoms with E-state index in [1.807, 2.05) is 0 Å². The van der Waals surface area contributed by atoms with E-state index in [4.69, 9.17) is 15.7 Å². The molecule has 104 valence electrons. The van der Waals surface area contributed by atoms with Gasteiger partial charge in [-0.05, 0) is 30.7 Å². The molecule has 2 aromatic rings. The van der Waals surface area contributed by atoms with Crippen LogP contribution in [-0.2, 0) is 0 Å². The number of hydrogen-bond donors (Lipinski definition) is 2. The molecule has 6 heteroatoms. The lowest BCUT2D eigenvalue weighted by Gasteiger charge is -2.13. The molecule has 0 spiro atoms. The van der Waals surface area contributed by atoms with Crippen LogP contribution in [0.1, 0.15) is 11.1 Å². The Morgan fingerprint density at radius 1 is 1.25 bits per heavy atom. The summed E-state index contributed by atoms with van der Waals surface area (Å²) in [6.45, 7) is 1.73. The average Bonchev–Trinajstić information content (AvgIpc) is 2.42. The highest BCUT2D eigenvalue weighted by atomic mass is 19.1. The molecule has 0 aliphatic heterocycles.